The fourth-order valence-electron chi connectivity index (χ4n) is 2.67. The Bertz CT molecular complexity index is 899. The van der Waals surface area contributed by atoms with Gasteiger partial charge in [-0.3, -0.25) is 4.79 Å². The molecule has 0 spiro atoms. The summed E-state index contributed by atoms with van der Waals surface area (Å²) < 4.78 is 11.5. The minimum absolute atomic E-state index is 0.104. The van der Waals surface area contributed by atoms with Crippen LogP contribution in [0.5, 0.6) is 11.5 Å². The number of fused-ring (bicyclic) bond motifs is 1. The third kappa shape index (κ3) is 3.66. The SMILES string of the molecule is COc1ccc(C(=O)NCC(C)(O)c2cc3ccccc3s2)cc1OC. The average Bonchev–Trinajstić information content (AvgIpc) is 3.10. The Hall–Kier alpha value is -2.57. The van der Waals surface area contributed by atoms with E-state index in [-0.39, 0.29) is 12.5 Å². The van der Waals surface area contributed by atoms with Crippen molar-refractivity contribution in [2.75, 3.05) is 20.8 Å². The molecule has 0 aliphatic heterocycles. The second-order valence-electron chi connectivity index (χ2n) is 6.17. The summed E-state index contributed by atoms with van der Waals surface area (Å²) in [6.45, 7) is 1.81. The molecule has 1 aromatic heterocycles. The maximum atomic E-state index is 12.4. The van der Waals surface area contributed by atoms with E-state index >= 15 is 0 Å². The highest BCUT2D eigenvalue weighted by atomic mass is 32.1. The molecule has 1 unspecified atom stereocenters. The van der Waals surface area contributed by atoms with Gasteiger partial charge >= 0.3 is 0 Å². The first-order valence-corrected chi connectivity index (χ1v) is 8.98. The number of aliphatic hydroxyl groups is 1. The van der Waals surface area contributed by atoms with Crippen LogP contribution in [0.25, 0.3) is 10.1 Å². The second-order valence-corrected chi connectivity index (χ2v) is 7.26. The van der Waals surface area contributed by atoms with Crippen molar-refractivity contribution in [3.63, 3.8) is 0 Å². The Morgan fingerprint density at radius 3 is 2.54 bits per heavy atom. The lowest BCUT2D eigenvalue weighted by Crippen LogP contribution is -2.38. The molecule has 0 aliphatic rings. The van der Waals surface area contributed by atoms with Crippen molar-refractivity contribution in [2.24, 2.45) is 0 Å². The lowest BCUT2D eigenvalue weighted by atomic mass is 10.0. The number of amides is 1. The fourth-order valence-corrected chi connectivity index (χ4v) is 3.77. The Balaban J connectivity index is 1.73. The number of ether oxygens (including phenoxy) is 2. The molecule has 2 N–H and O–H groups in total. The summed E-state index contributed by atoms with van der Waals surface area (Å²) in [6.07, 6.45) is 0. The maximum absolute atomic E-state index is 12.4. The molecule has 5 nitrogen and oxygen atoms in total. The van der Waals surface area contributed by atoms with Gasteiger partial charge < -0.3 is 19.9 Å². The fraction of sp³-hybridized carbons (Fsp3) is 0.250. The highest BCUT2D eigenvalue weighted by Gasteiger charge is 2.26. The van der Waals surface area contributed by atoms with Crippen molar-refractivity contribution < 1.29 is 19.4 Å². The van der Waals surface area contributed by atoms with Crippen LogP contribution < -0.4 is 14.8 Å². The minimum Gasteiger partial charge on any atom is -0.493 e. The summed E-state index contributed by atoms with van der Waals surface area (Å²) in [5.41, 5.74) is -0.717. The van der Waals surface area contributed by atoms with Crippen molar-refractivity contribution in [2.45, 2.75) is 12.5 Å². The van der Waals surface area contributed by atoms with E-state index in [1.54, 1.807) is 32.2 Å². The van der Waals surface area contributed by atoms with E-state index < -0.39 is 5.60 Å². The minimum atomic E-state index is -1.16. The van der Waals surface area contributed by atoms with Gasteiger partial charge in [-0.1, -0.05) is 18.2 Å². The topological polar surface area (TPSA) is 67.8 Å². The monoisotopic (exact) mass is 371 g/mol. The second kappa shape index (κ2) is 7.35. The van der Waals surface area contributed by atoms with E-state index in [0.29, 0.717) is 17.1 Å². The summed E-state index contributed by atoms with van der Waals surface area (Å²) >= 11 is 1.52. The molecular formula is C20H21NO4S. The number of carbonyl (C=O) groups is 1. The normalized spacial score (nSPS) is 13.2. The molecule has 0 bridgehead atoms. The highest BCUT2D eigenvalue weighted by molar-refractivity contribution is 7.19. The molecule has 0 saturated carbocycles. The molecule has 26 heavy (non-hydrogen) atoms. The zero-order chi connectivity index (χ0) is 18.7. The predicted octanol–water partition coefficient (Wildman–Crippen LogP) is 3.56. The molecule has 0 saturated heterocycles. The number of methoxy groups -OCH3 is 2. The standard InChI is InChI=1S/C20H21NO4S/c1-20(23,18-11-13-6-4-5-7-17(13)26-18)12-21-19(22)14-8-9-15(24-2)16(10-14)25-3/h4-11,23H,12H2,1-3H3,(H,21,22). The van der Waals surface area contributed by atoms with Gasteiger partial charge in [0.2, 0.25) is 0 Å². The number of hydrogen-bond donors (Lipinski definition) is 2. The first-order chi connectivity index (χ1) is 12.4. The molecular weight excluding hydrogens is 350 g/mol. The molecule has 0 fully saturated rings. The van der Waals surface area contributed by atoms with Gasteiger partial charge in [-0.25, -0.2) is 0 Å². The first-order valence-electron chi connectivity index (χ1n) is 8.16. The zero-order valence-electron chi connectivity index (χ0n) is 14.9. The Labute approximate surface area is 156 Å². The van der Waals surface area contributed by atoms with E-state index in [1.165, 1.54) is 18.4 Å². The molecule has 2 aromatic carbocycles. The van der Waals surface area contributed by atoms with Crippen molar-refractivity contribution >= 4 is 27.3 Å². The summed E-state index contributed by atoms with van der Waals surface area (Å²) in [6, 6.07) is 14.9. The van der Waals surface area contributed by atoms with Gasteiger partial charge in [0.1, 0.15) is 5.60 Å². The van der Waals surface area contributed by atoms with Crippen LogP contribution in [0.3, 0.4) is 0 Å². The lowest BCUT2D eigenvalue weighted by Gasteiger charge is -2.22. The van der Waals surface area contributed by atoms with Gasteiger partial charge in [0.15, 0.2) is 11.5 Å². The van der Waals surface area contributed by atoms with Gasteiger partial charge in [-0.2, -0.15) is 0 Å². The van der Waals surface area contributed by atoms with Crippen LogP contribution in [0, 0.1) is 0 Å². The lowest BCUT2D eigenvalue weighted by molar-refractivity contribution is 0.0557. The number of hydrogen-bond acceptors (Lipinski definition) is 5. The summed E-state index contributed by atoms with van der Waals surface area (Å²) in [4.78, 5) is 13.3. The molecule has 3 rings (SSSR count). The van der Waals surface area contributed by atoms with Gasteiger partial charge in [0, 0.05) is 15.1 Å². The van der Waals surface area contributed by atoms with E-state index in [9.17, 15) is 9.90 Å². The van der Waals surface area contributed by atoms with Gasteiger partial charge in [-0.05, 0) is 42.6 Å². The van der Waals surface area contributed by atoms with E-state index in [4.69, 9.17) is 9.47 Å². The van der Waals surface area contributed by atoms with Crippen LogP contribution in [-0.2, 0) is 5.60 Å². The van der Waals surface area contributed by atoms with Crippen molar-refractivity contribution in [1.82, 2.24) is 5.32 Å². The molecule has 1 heterocycles. The van der Waals surface area contributed by atoms with Gasteiger partial charge in [-0.15, -0.1) is 11.3 Å². The third-order valence-electron chi connectivity index (χ3n) is 4.20. The third-order valence-corrected chi connectivity index (χ3v) is 5.56. The number of rotatable bonds is 6. The zero-order valence-corrected chi connectivity index (χ0v) is 15.7. The maximum Gasteiger partial charge on any atom is 0.251 e. The molecule has 0 radical (unpaired) electrons. The number of nitrogens with one attached hydrogen (secondary N) is 1. The van der Waals surface area contributed by atoms with E-state index in [1.807, 2.05) is 30.3 Å². The number of benzene rings is 2. The Morgan fingerprint density at radius 1 is 1.12 bits per heavy atom. The molecule has 6 heteroatoms. The van der Waals surface area contributed by atoms with Gasteiger partial charge in [0.05, 0.1) is 20.8 Å². The molecule has 0 aliphatic carbocycles. The van der Waals surface area contributed by atoms with Crippen LogP contribution in [0.1, 0.15) is 22.2 Å². The quantitative estimate of drug-likeness (QED) is 0.695. The smallest absolute Gasteiger partial charge is 0.251 e. The summed E-state index contributed by atoms with van der Waals surface area (Å²) in [5.74, 6) is 0.755. The van der Waals surface area contributed by atoms with E-state index in [0.717, 1.165) is 15.0 Å². The Morgan fingerprint density at radius 2 is 1.85 bits per heavy atom. The van der Waals surface area contributed by atoms with Crippen molar-refractivity contribution in [3.05, 3.63) is 59.0 Å². The van der Waals surface area contributed by atoms with Crippen LogP contribution in [-0.4, -0.2) is 31.8 Å². The average molecular weight is 371 g/mol. The highest BCUT2D eigenvalue weighted by Crippen LogP contribution is 2.33. The molecule has 3 aromatic rings. The Kier molecular flexibility index (Phi) is 5.15. The molecule has 1 atom stereocenters. The van der Waals surface area contributed by atoms with Crippen LogP contribution in [0.4, 0.5) is 0 Å². The first kappa shape index (κ1) is 18.2. The largest absolute Gasteiger partial charge is 0.493 e. The van der Waals surface area contributed by atoms with Crippen LogP contribution in [0.2, 0.25) is 0 Å². The van der Waals surface area contributed by atoms with Gasteiger partial charge in [0.25, 0.3) is 5.91 Å². The molecule has 1 amide bonds. The van der Waals surface area contributed by atoms with Crippen LogP contribution >= 0.6 is 11.3 Å². The van der Waals surface area contributed by atoms with Crippen LogP contribution in [0.15, 0.2) is 48.5 Å². The van der Waals surface area contributed by atoms with Crippen molar-refractivity contribution in [3.8, 4) is 11.5 Å². The summed E-state index contributed by atoms with van der Waals surface area (Å²) in [5, 5.41) is 14.7. The number of carbonyl (C=O) groups excluding carboxylic acids is 1. The van der Waals surface area contributed by atoms with Crippen molar-refractivity contribution in [1.29, 1.82) is 0 Å². The predicted molar refractivity (Wildman–Crippen MR) is 103 cm³/mol. The van der Waals surface area contributed by atoms with E-state index in [2.05, 4.69) is 5.32 Å². The molecule has 136 valence electrons. The summed E-state index contributed by atoms with van der Waals surface area (Å²) in [7, 11) is 3.06. The number of thiophene rings is 1.